The van der Waals surface area contributed by atoms with Crippen LogP contribution in [-0.4, -0.2) is 62.3 Å². The zero-order valence-electron chi connectivity index (χ0n) is 14.4. The molecule has 1 saturated heterocycles. The monoisotopic (exact) mass is 368 g/mol. The van der Waals surface area contributed by atoms with Gasteiger partial charge in [0.2, 0.25) is 0 Å². The van der Waals surface area contributed by atoms with E-state index in [1.165, 1.54) is 12.1 Å². The van der Waals surface area contributed by atoms with Crippen molar-refractivity contribution in [3.63, 3.8) is 0 Å². The highest BCUT2D eigenvalue weighted by molar-refractivity contribution is 7.80. The molecule has 0 aliphatic carbocycles. The molecular weight excluding hydrogens is 346 g/mol. The Balaban J connectivity index is 1.99. The van der Waals surface area contributed by atoms with Crippen molar-refractivity contribution in [3.05, 3.63) is 29.8 Å². The van der Waals surface area contributed by atoms with Crippen molar-refractivity contribution in [1.82, 2.24) is 9.80 Å². The van der Waals surface area contributed by atoms with Crippen LogP contribution in [0.15, 0.2) is 24.3 Å². The van der Waals surface area contributed by atoms with Crippen LogP contribution in [0.2, 0.25) is 0 Å². The molecular formula is C16H22N3O5S-. The molecule has 25 heavy (non-hydrogen) atoms. The summed E-state index contributed by atoms with van der Waals surface area (Å²) in [5.41, 5.74) is 0.853. The first-order valence-corrected chi connectivity index (χ1v) is 9.08. The lowest BCUT2D eigenvalue weighted by Gasteiger charge is -2.39. The molecule has 1 aliphatic heterocycles. The van der Waals surface area contributed by atoms with E-state index in [1.54, 1.807) is 35.8 Å². The van der Waals surface area contributed by atoms with Crippen LogP contribution in [0.5, 0.6) is 0 Å². The number of anilines is 1. The van der Waals surface area contributed by atoms with Crippen molar-refractivity contribution in [2.45, 2.75) is 32.9 Å². The highest BCUT2D eigenvalue weighted by atomic mass is 32.2. The molecule has 1 aliphatic rings. The van der Waals surface area contributed by atoms with Gasteiger partial charge in [-0.25, -0.2) is 4.79 Å². The Bertz CT molecular complexity index is 650. The Morgan fingerprint density at radius 1 is 1.28 bits per heavy atom. The lowest BCUT2D eigenvalue weighted by molar-refractivity contribution is 0.0338. The zero-order valence-corrected chi connectivity index (χ0v) is 15.2. The minimum absolute atomic E-state index is 0.145. The molecule has 1 unspecified atom stereocenters. The predicted octanol–water partition coefficient (Wildman–Crippen LogP) is 1.58. The van der Waals surface area contributed by atoms with E-state index in [0.29, 0.717) is 30.9 Å². The summed E-state index contributed by atoms with van der Waals surface area (Å²) in [4.78, 5) is 27.9. The standard InChI is InChI=1S/C16H23N3O5S/c1-11(2)24-16(21)18-8-9-19(12(3)10-18)15(20)13-4-6-14(7-5-13)17-25(22)23/h4-7,11-12,17H,8-10H2,1-3H3,(H,22,23)/p-1/t12-/m0/s1. The second-order valence-electron chi connectivity index (χ2n) is 6.14. The van der Waals surface area contributed by atoms with E-state index in [4.69, 9.17) is 4.74 Å². The van der Waals surface area contributed by atoms with Gasteiger partial charge < -0.3 is 23.8 Å². The summed E-state index contributed by atoms with van der Waals surface area (Å²) >= 11 is -2.40. The van der Waals surface area contributed by atoms with Gasteiger partial charge in [-0.1, -0.05) is 0 Å². The normalized spacial score (nSPS) is 18.8. The second kappa shape index (κ2) is 8.30. The minimum Gasteiger partial charge on any atom is -0.755 e. The third kappa shape index (κ3) is 5.17. The van der Waals surface area contributed by atoms with Crippen molar-refractivity contribution in [2.75, 3.05) is 24.4 Å². The number of amides is 2. The predicted molar refractivity (Wildman–Crippen MR) is 92.7 cm³/mol. The minimum atomic E-state index is -2.40. The van der Waals surface area contributed by atoms with Gasteiger partial charge in [0.15, 0.2) is 0 Å². The van der Waals surface area contributed by atoms with E-state index in [-0.39, 0.29) is 24.1 Å². The first kappa shape index (κ1) is 19.2. The molecule has 2 amide bonds. The Morgan fingerprint density at radius 3 is 2.44 bits per heavy atom. The number of nitrogens with zero attached hydrogens (tertiary/aromatic N) is 2. The fraction of sp³-hybridized carbons (Fsp3) is 0.500. The van der Waals surface area contributed by atoms with E-state index >= 15 is 0 Å². The largest absolute Gasteiger partial charge is 0.755 e. The van der Waals surface area contributed by atoms with Crippen LogP contribution in [0.25, 0.3) is 0 Å². The van der Waals surface area contributed by atoms with Gasteiger partial charge in [-0.2, -0.15) is 0 Å². The average Bonchev–Trinajstić information content (AvgIpc) is 2.53. The number of benzene rings is 1. The Labute approximate surface area is 149 Å². The SMILES string of the molecule is CC(C)OC(=O)N1CCN(C(=O)c2ccc(NS(=O)[O-])cc2)[C@@H](C)C1. The molecule has 0 spiro atoms. The number of piperazine rings is 1. The number of ether oxygens (including phenoxy) is 1. The summed E-state index contributed by atoms with van der Waals surface area (Å²) < 4.78 is 28.6. The number of nitrogens with one attached hydrogen (secondary N) is 1. The van der Waals surface area contributed by atoms with E-state index in [0.717, 1.165) is 0 Å². The van der Waals surface area contributed by atoms with Crippen molar-refractivity contribution >= 4 is 29.0 Å². The quantitative estimate of drug-likeness (QED) is 0.813. The number of carbonyl (C=O) groups excluding carboxylic acids is 2. The zero-order chi connectivity index (χ0) is 18.6. The van der Waals surface area contributed by atoms with Crippen molar-refractivity contribution in [1.29, 1.82) is 0 Å². The lowest BCUT2D eigenvalue weighted by atomic mass is 10.1. The lowest BCUT2D eigenvalue weighted by Crippen LogP contribution is -2.55. The molecule has 0 bridgehead atoms. The summed E-state index contributed by atoms with van der Waals surface area (Å²) in [5, 5.41) is 0. The summed E-state index contributed by atoms with van der Waals surface area (Å²) in [6, 6.07) is 6.06. The van der Waals surface area contributed by atoms with Crippen LogP contribution < -0.4 is 4.72 Å². The van der Waals surface area contributed by atoms with Crippen LogP contribution >= 0.6 is 0 Å². The highest BCUT2D eigenvalue weighted by Crippen LogP contribution is 2.17. The molecule has 1 fully saturated rings. The molecule has 2 atom stereocenters. The molecule has 2 rings (SSSR count). The first-order chi connectivity index (χ1) is 11.8. The summed E-state index contributed by atoms with van der Waals surface area (Å²) in [7, 11) is 0. The molecule has 1 aromatic rings. The van der Waals surface area contributed by atoms with Crippen LogP contribution in [0.1, 0.15) is 31.1 Å². The van der Waals surface area contributed by atoms with E-state index < -0.39 is 11.3 Å². The molecule has 0 radical (unpaired) electrons. The molecule has 0 saturated carbocycles. The van der Waals surface area contributed by atoms with Gasteiger partial charge in [0.05, 0.1) is 6.10 Å². The van der Waals surface area contributed by atoms with Crippen LogP contribution in [0.4, 0.5) is 10.5 Å². The topological polar surface area (TPSA) is 102 Å². The van der Waals surface area contributed by atoms with Crippen LogP contribution in [0, 0.1) is 0 Å². The van der Waals surface area contributed by atoms with Crippen LogP contribution in [-0.2, 0) is 16.0 Å². The smallest absolute Gasteiger partial charge is 0.410 e. The third-order valence-corrected chi connectivity index (χ3v) is 4.22. The number of rotatable bonds is 4. The van der Waals surface area contributed by atoms with Gasteiger partial charge in [-0.15, -0.1) is 0 Å². The van der Waals surface area contributed by atoms with E-state index in [1.807, 2.05) is 6.92 Å². The van der Waals surface area contributed by atoms with Gasteiger partial charge in [0, 0.05) is 48.2 Å². The maximum absolute atomic E-state index is 12.6. The fourth-order valence-corrected chi connectivity index (χ4v) is 2.97. The van der Waals surface area contributed by atoms with Crippen molar-refractivity contribution in [3.8, 4) is 0 Å². The Morgan fingerprint density at radius 2 is 1.92 bits per heavy atom. The van der Waals surface area contributed by atoms with Gasteiger partial charge >= 0.3 is 6.09 Å². The summed E-state index contributed by atoms with van der Waals surface area (Å²) in [6.45, 7) is 6.70. The van der Waals surface area contributed by atoms with Crippen molar-refractivity contribution < 1.29 is 23.1 Å². The highest BCUT2D eigenvalue weighted by Gasteiger charge is 2.31. The third-order valence-electron chi connectivity index (χ3n) is 3.82. The molecule has 1 aromatic carbocycles. The number of carbonyl (C=O) groups is 2. The van der Waals surface area contributed by atoms with Gasteiger partial charge in [0.25, 0.3) is 5.91 Å². The number of hydrogen-bond donors (Lipinski definition) is 1. The maximum atomic E-state index is 12.6. The van der Waals surface area contributed by atoms with E-state index in [9.17, 15) is 18.4 Å². The molecule has 9 heteroatoms. The Kier molecular flexibility index (Phi) is 6.38. The molecule has 138 valence electrons. The summed E-state index contributed by atoms with van der Waals surface area (Å²) in [5.74, 6) is -0.154. The summed E-state index contributed by atoms with van der Waals surface area (Å²) in [6.07, 6.45) is -0.548. The molecule has 1 heterocycles. The number of hydrogen-bond acceptors (Lipinski definition) is 5. The average molecular weight is 368 g/mol. The van der Waals surface area contributed by atoms with Crippen LogP contribution in [0.3, 0.4) is 0 Å². The molecule has 8 nitrogen and oxygen atoms in total. The van der Waals surface area contributed by atoms with Crippen molar-refractivity contribution in [2.24, 2.45) is 0 Å². The van der Waals surface area contributed by atoms with Gasteiger partial charge in [0.1, 0.15) is 0 Å². The Hall–Kier alpha value is -2.13. The second-order valence-corrected chi connectivity index (χ2v) is 6.81. The maximum Gasteiger partial charge on any atom is 0.410 e. The first-order valence-electron chi connectivity index (χ1n) is 8.00. The molecule has 0 aromatic heterocycles. The fourth-order valence-electron chi connectivity index (χ4n) is 2.64. The van der Waals surface area contributed by atoms with E-state index in [2.05, 4.69) is 4.72 Å². The molecule has 1 N–H and O–H groups in total. The van der Waals surface area contributed by atoms with Gasteiger partial charge in [-0.3, -0.25) is 9.00 Å². The van der Waals surface area contributed by atoms with Gasteiger partial charge in [-0.05, 0) is 45.0 Å².